The van der Waals surface area contributed by atoms with E-state index in [-0.39, 0.29) is 11.9 Å². The second kappa shape index (κ2) is 6.05. The van der Waals surface area contributed by atoms with Crippen LogP contribution in [-0.2, 0) is 4.79 Å². The molecule has 0 aromatic carbocycles. The molecular weight excluding hydrogens is 284 g/mol. The number of halogens is 1. The van der Waals surface area contributed by atoms with Crippen molar-refractivity contribution in [2.75, 3.05) is 12.3 Å². The number of hydrogen-bond donors (Lipinski definition) is 2. The van der Waals surface area contributed by atoms with Crippen LogP contribution in [0.2, 0.25) is 0 Å². The molecule has 0 bridgehead atoms. The van der Waals surface area contributed by atoms with Gasteiger partial charge in [-0.3, -0.25) is 9.48 Å². The minimum Gasteiger partial charge on any atom is -0.381 e. The maximum absolute atomic E-state index is 11.8. The summed E-state index contributed by atoms with van der Waals surface area (Å²) in [6.07, 6.45) is 2.69. The average molecular weight is 303 g/mol. The van der Waals surface area contributed by atoms with Gasteiger partial charge in [0, 0.05) is 12.7 Å². The highest BCUT2D eigenvalue weighted by Crippen LogP contribution is 2.19. The molecule has 1 aromatic rings. The molecule has 0 saturated carbocycles. The summed E-state index contributed by atoms with van der Waals surface area (Å²) >= 11 is 3.27. The number of amides is 1. The van der Waals surface area contributed by atoms with Gasteiger partial charge in [-0.05, 0) is 35.2 Å². The molecule has 5 nitrogen and oxygen atoms in total. The number of nitrogens with two attached hydrogens (primary N) is 1. The van der Waals surface area contributed by atoms with Crippen molar-refractivity contribution in [1.29, 1.82) is 0 Å². The second-order valence-electron chi connectivity index (χ2n) is 4.49. The second-order valence-corrected chi connectivity index (χ2v) is 5.35. The molecule has 0 radical (unpaired) electrons. The summed E-state index contributed by atoms with van der Waals surface area (Å²) in [4.78, 5) is 11.8. The van der Waals surface area contributed by atoms with Crippen molar-refractivity contribution in [3.63, 3.8) is 0 Å². The number of anilines is 1. The molecule has 1 rings (SSSR count). The van der Waals surface area contributed by atoms with Crippen molar-refractivity contribution in [1.82, 2.24) is 15.1 Å². The summed E-state index contributed by atoms with van der Waals surface area (Å²) in [5.74, 6) is 0.938. The first kappa shape index (κ1) is 14.0. The minimum atomic E-state index is -0.351. The molecule has 0 aliphatic carbocycles. The van der Waals surface area contributed by atoms with Gasteiger partial charge in [-0.25, -0.2) is 0 Å². The number of rotatable bonds is 5. The largest absolute Gasteiger partial charge is 0.381 e. The van der Waals surface area contributed by atoms with Crippen LogP contribution in [0, 0.1) is 5.92 Å². The third-order valence-corrected chi connectivity index (χ3v) is 3.12. The molecule has 1 atom stereocenters. The maximum Gasteiger partial charge on any atom is 0.244 e. The Labute approximate surface area is 110 Å². The lowest BCUT2D eigenvalue weighted by molar-refractivity contribution is -0.124. The Morgan fingerprint density at radius 2 is 2.24 bits per heavy atom. The summed E-state index contributed by atoms with van der Waals surface area (Å²) in [5.41, 5.74) is 5.61. The van der Waals surface area contributed by atoms with Crippen molar-refractivity contribution >= 4 is 27.7 Å². The molecule has 0 saturated heterocycles. The van der Waals surface area contributed by atoms with E-state index in [0.29, 0.717) is 22.8 Å². The highest BCUT2D eigenvalue weighted by Gasteiger charge is 2.16. The van der Waals surface area contributed by atoms with Crippen LogP contribution >= 0.6 is 15.9 Å². The van der Waals surface area contributed by atoms with Gasteiger partial charge in [0.15, 0.2) is 5.82 Å². The lowest BCUT2D eigenvalue weighted by atomic mass is 10.1. The molecule has 0 fully saturated rings. The first-order valence-electron chi connectivity index (χ1n) is 5.69. The molecule has 1 amide bonds. The first-order valence-corrected chi connectivity index (χ1v) is 6.49. The van der Waals surface area contributed by atoms with Crippen molar-refractivity contribution in [2.45, 2.75) is 33.2 Å². The van der Waals surface area contributed by atoms with Gasteiger partial charge in [-0.1, -0.05) is 13.8 Å². The summed E-state index contributed by atoms with van der Waals surface area (Å²) in [6.45, 7) is 6.74. The topological polar surface area (TPSA) is 72.9 Å². The first-order chi connectivity index (χ1) is 7.91. The summed E-state index contributed by atoms with van der Waals surface area (Å²) in [6, 6.07) is -0.351. The SMILES string of the molecule is CC(C)CCNC(=O)C(C)n1cc(Br)c(N)n1. The minimum absolute atomic E-state index is 0.0411. The number of carbonyl (C=O) groups is 1. The van der Waals surface area contributed by atoms with E-state index in [1.54, 1.807) is 17.8 Å². The van der Waals surface area contributed by atoms with Gasteiger partial charge in [0.1, 0.15) is 6.04 Å². The third kappa shape index (κ3) is 4.03. The third-order valence-electron chi connectivity index (χ3n) is 2.51. The maximum atomic E-state index is 11.8. The number of aromatic nitrogens is 2. The van der Waals surface area contributed by atoms with Crippen molar-refractivity contribution in [2.24, 2.45) is 5.92 Å². The van der Waals surface area contributed by atoms with Gasteiger partial charge in [0.2, 0.25) is 5.91 Å². The Kier molecular flexibility index (Phi) is 4.99. The van der Waals surface area contributed by atoms with Crippen LogP contribution in [-0.4, -0.2) is 22.2 Å². The lowest BCUT2D eigenvalue weighted by Crippen LogP contribution is -2.32. The Bertz CT molecular complexity index is 369. The number of nitrogens with zero attached hydrogens (tertiary/aromatic N) is 2. The predicted molar refractivity (Wildman–Crippen MR) is 71.5 cm³/mol. The van der Waals surface area contributed by atoms with E-state index in [4.69, 9.17) is 5.73 Å². The molecule has 1 heterocycles. The van der Waals surface area contributed by atoms with E-state index >= 15 is 0 Å². The smallest absolute Gasteiger partial charge is 0.244 e. The van der Waals surface area contributed by atoms with Crippen molar-refractivity contribution < 1.29 is 4.79 Å². The van der Waals surface area contributed by atoms with Gasteiger partial charge < -0.3 is 11.1 Å². The quantitative estimate of drug-likeness (QED) is 0.873. The van der Waals surface area contributed by atoms with Crippen LogP contribution < -0.4 is 11.1 Å². The van der Waals surface area contributed by atoms with Crippen LogP contribution in [0.15, 0.2) is 10.7 Å². The zero-order valence-corrected chi connectivity index (χ0v) is 12.0. The lowest BCUT2D eigenvalue weighted by Gasteiger charge is -2.13. The van der Waals surface area contributed by atoms with E-state index in [1.807, 2.05) is 0 Å². The number of carbonyl (C=O) groups excluding carboxylic acids is 1. The van der Waals surface area contributed by atoms with Crippen LogP contribution in [0.25, 0.3) is 0 Å². The van der Waals surface area contributed by atoms with Crippen molar-refractivity contribution in [3.05, 3.63) is 10.7 Å². The monoisotopic (exact) mass is 302 g/mol. The molecular formula is C11H19BrN4O. The number of nitrogen functional groups attached to an aromatic ring is 1. The van der Waals surface area contributed by atoms with E-state index in [2.05, 4.69) is 40.2 Å². The van der Waals surface area contributed by atoms with Crippen LogP contribution in [0.5, 0.6) is 0 Å². The van der Waals surface area contributed by atoms with Crippen LogP contribution in [0.1, 0.15) is 33.2 Å². The predicted octanol–water partition coefficient (Wildman–Crippen LogP) is 1.95. The molecule has 1 unspecified atom stereocenters. The molecule has 1 aromatic heterocycles. The Morgan fingerprint density at radius 3 is 2.71 bits per heavy atom. The standard InChI is InChI=1S/C11H19BrN4O/c1-7(2)4-5-14-11(17)8(3)16-6-9(12)10(13)15-16/h6-8H,4-5H2,1-3H3,(H2,13,15)(H,14,17). The fourth-order valence-corrected chi connectivity index (χ4v) is 1.62. The molecule has 3 N–H and O–H groups in total. The molecule has 0 spiro atoms. The molecule has 0 aliphatic heterocycles. The zero-order valence-electron chi connectivity index (χ0n) is 10.4. The highest BCUT2D eigenvalue weighted by molar-refractivity contribution is 9.10. The zero-order chi connectivity index (χ0) is 13.0. The number of hydrogen-bond acceptors (Lipinski definition) is 3. The summed E-state index contributed by atoms with van der Waals surface area (Å²) < 4.78 is 2.27. The van der Waals surface area contributed by atoms with E-state index < -0.39 is 0 Å². The highest BCUT2D eigenvalue weighted by atomic mass is 79.9. The Balaban J connectivity index is 2.52. The van der Waals surface area contributed by atoms with Crippen molar-refractivity contribution in [3.8, 4) is 0 Å². The Hall–Kier alpha value is -1.04. The van der Waals surface area contributed by atoms with Gasteiger partial charge in [-0.2, -0.15) is 5.10 Å². The van der Waals surface area contributed by atoms with Crippen LogP contribution in [0.4, 0.5) is 5.82 Å². The average Bonchev–Trinajstić information content (AvgIpc) is 2.57. The van der Waals surface area contributed by atoms with Gasteiger partial charge in [0.25, 0.3) is 0 Å². The molecule has 17 heavy (non-hydrogen) atoms. The van der Waals surface area contributed by atoms with Crippen LogP contribution in [0.3, 0.4) is 0 Å². The van der Waals surface area contributed by atoms with E-state index in [0.717, 1.165) is 6.42 Å². The van der Waals surface area contributed by atoms with Gasteiger partial charge >= 0.3 is 0 Å². The summed E-state index contributed by atoms with van der Waals surface area (Å²) in [5, 5.41) is 6.95. The van der Waals surface area contributed by atoms with E-state index in [9.17, 15) is 4.79 Å². The van der Waals surface area contributed by atoms with Gasteiger partial charge in [0.05, 0.1) is 4.47 Å². The fraction of sp³-hybridized carbons (Fsp3) is 0.636. The molecule has 96 valence electrons. The van der Waals surface area contributed by atoms with E-state index in [1.165, 1.54) is 0 Å². The number of nitrogens with one attached hydrogen (secondary N) is 1. The van der Waals surface area contributed by atoms with Gasteiger partial charge in [-0.15, -0.1) is 0 Å². The fourth-order valence-electron chi connectivity index (χ4n) is 1.33. The molecule has 6 heteroatoms. The summed E-state index contributed by atoms with van der Waals surface area (Å²) in [7, 11) is 0. The Morgan fingerprint density at radius 1 is 1.59 bits per heavy atom. The normalized spacial score (nSPS) is 12.8. The molecule has 0 aliphatic rings.